The number of halogens is 2. The quantitative estimate of drug-likeness (QED) is 0.476. The molecule has 0 aliphatic heterocycles. The molecular weight excluding hydrogens is 284 g/mol. The molecular formula is C10H10BrClOS. The Hall–Kier alpha value is 0.01000. The first-order valence-corrected chi connectivity index (χ1v) is 6.53. The molecule has 0 aromatic heterocycles. The van der Waals surface area contributed by atoms with E-state index in [4.69, 9.17) is 11.6 Å². The summed E-state index contributed by atoms with van der Waals surface area (Å²) in [6.45, 7) is 1.68. The number of carbonyl (C=O) groups is 1. The predicted octanol–water partition coefficient (Wildman–Crippen LogP) is 3.98. The smallest absolute Gasteiger partial charge is 0.180 e. The first-order chi connectivity index (χ1) is 6.56. The molecule has 14 heavy (non-hydrogen) atoms. The Morgan fingerprint density at radius 2 is 2.21 bits per heavy atom. The van der Waals surface area contributed by atoms with Gasteiger partial charge < -0.3 is 0 Å². The highest BCUT2D eigenvalue weighted by Crippen LogP contribution is 2.27. The van der Waals surface area contributed by atoms with E-state index < -0.39 is 5.38 Å². The Labute approximate surface area is 101 Å². The summed E-state index contributed by atoms with van der Waals surface area (Å²) < 4.78 is 0.938. The lowest BCUT2D eigenvalue weighted by Gasteiger charge is -2.05. The van der Waals surface area contributed by atoms with Gasteiger partial charge in [0, 0.05) is 14.9 Å². The molecule has 0 amide bonds. The van der Waals surface area contributed by atoms with E-state index in [0.717, 1.165) is 9.37 Å². The van der Waals surface area contributed by atoms with E-state index in [1.807, 2.05) is 18.4 Å². The Bertz CT molecular complexity index is 352. The SMILES string of the molecule is CSc1ccc(C(=O)C(C)Cl)cc1Br. The summed E-state index contributed by atoms with van der Waals surface area (Å²) in [6.07, 6.45) is 1.99. The number of Topliss-reactive ketones (excluding diaryl/α,β-unsaturated/α-hetero) is 1. The lowest BCUT2D eigenvalue weighted by molar-refractivity contribution is 0.0991. The normalized spacial score (nSPS) is 12.6. The molecule has 1 aromatic carbocycles. The second-order valence-electron chi connectivity index (χ2n) is 2.83. The van der Waals surface area contributed by atoms with Crippen molar-refractivity contribution in [1.82, 2.24) is 0 Å². The van der Waals surface area contributed by atoms with Gasteiger partial charge in [-0.25, -0.2) is 0 Å². The second kappa shape index (κ2) is 5.19. The van der Waals surface area contributed by atoms with Crippen LogP contribution in [0.2, 0.25) is 0 Å². The van der Waals surface area contributed by atoms with Crippen molar-refractivity contribution in [2.24, 2.45) is 0 Å². The summed E-state index contributed by atoms with van der Waals surface area (Å²) in [4.78, 5) is 12.7. The van der Waals surface area contributed by atoms with Crippen molar-refractivity contribution in [3.8, 4) is 0 Å². The van der Waals surface area contributed by atoms with Gasteiger partial charge in [-0.05, 0) is 41.2 Å². The molecule has 0 heterocycles. The van der Waals surface area contributed by atoms with Gasteiger partial charge in [-0.2, -0.15) is 0 Å². The molecule has 1 unspecified atom stereocenters. The van der Waals surface area contributed by atoms with Crippen LogP contribution in [0.5, 0.6) is 0 Å². The van der Waals surface area contributed by atoms with E-state index in [9.17, 15) is 4.79 Å². The molecule has 76 valence electrons. The van der Waals surface area contributed by atoms with E-state index in [-0.39, 0.29) is 5.78 Å². The van der Waals surface area contributed by atoms with Crippen molar-refractivity contribution in [2.45, 2.75) is 17.2 Å². The molecule has 0 saturated heterocycles. The predicted molar refractivity (Wildman–Crippen MR) is 65.6 cm³/mol. The van der Waals surface area contributed by atoms with Crippen LogP contribution in [0.15, 0.2) is 27.6 Å². The Balaban J connectivity index is 3.03. The monoisotopic (exact) mass is 292 g/mol. The average Bonchev–Trinajstić information content (AvgIpc) is 2.16. The molecule has 0 saturated carbocycles. The highest BCUT2D eigenvalue weighted by atomic mass is 79.9. The van der Waals surface area contributed by atoms with Gasteiger partial charge in [-0.3, -0.25) is 4.79 Å². The van der Waals surface area contributed by atoms with E-state index in [0.29, 0.717) is 5.56 Å². The van der Waals surface area contributed by atoms with Gasteiger partial charge in [0.25, 0.3) is 0 Å². The molecule has 0 N–H and O–H groups in total. The van der Waals surface area contributed by atoms with Gasteiger partial charge in [0.2, 0.25) is 0 Å². The van der Waals surface area contributed by atoms with Gasteiger partial charge in [-0.15, -0.1) is 23.4 Å². The largest absolute Gasteiger partial charge is 0.293 e. The van der Waals surface area contributed by atoms with E-state index in [2.05, 4.69) is 15.9 Å². The molecule has 1 atom stereocenters. The van der Waals surface area contributed by atoms with Gasteiger partial charge in [0.1, 0.15) is 0 Å². The molecule has 1 aromatic rings. The number of thioether (sulfide) groups is 1. The summed E-state index contributed by atoms with van der Waals surface area (Å²) in [6, 6.07) is 5.53. The van der Waals surface area contributed by atoms with Gasteiger partial charge in [-0.1, -0.05) is 6.07 Å². The number of hydrogen-bond acceptors (Lipinski definition) is 2. The first-order valence-electron chi connectivity index (χ1n) is 4.08. The van der Waals surface area contributed by atoms with Crippen LogP contribution in [0, 0.1) is 0 Å². The standard InChI is InChI=1S/C10H10BrClOS/c1-6(12)10(13)7-3-4-9(14-2)8(11)5-7/h3-6H,1-2H3. The molecule has 0 aliphatic rings. The molecule has 1 nitrogen and oxygen atoms in total. The highest BCUT2D eigenvalue weighted by Gasteiger charge is 2.13. The van der Waals surface area contributed by atoms with Crippen LogP contribution in [0.1, 0.15) is 17.3 Å². The second-order valence-corrected chi connectivity index (χ2v) is 5.19. The maximum atomic E-state index is 11.5. The maximum Gasteiger partial charge on any atom is 0.180 e. The lowest BCUT2D eigenvalue weighted by atomic mass is 10.1. The Kier molecular flexibility index (Phi) is 4.48. The third-order valence-electron chi connectivity index (χ3n) is 1.80. The highest BCUT2D eigenvalue weighted by molar-refractivity contribution is 9.10. The van der Waals surface area contributed by atoms with E-state index in [1.54, 1.807) is 24.8 Å². The fourth-order valence-electron chi connectivity index (χ4n) is 1.05. The van der Waals surface area contributed by atoms with Crippen molar-refractivity contribution >= 4 is 45.1 Å². The number of ketones is 1. The lowest BCUT2D eigenvalue weighted by Crippen LogP contribution is -2.10. The maximum absolute atomic E-state index is 11.5. The van der Waals surface area contributed by atoms with Crippen molar-refractivity contribution < 1.29 is 4.79 Å². The molecule has 0 fully saturated rings. The van der Waals surface area contributed by atoms with Gasteiger partial charge >= 0.3 is 0 Å². The fourth-order valence-corrected chi connectivity index (χ4v) is 2.50. The van der Waals surface area contributed by atoms with Crippen LogP contribution in [-0.2, 0) is 0 Å². The zero-order valence-electron chi connectivity index (χ0n) is 7.88. The van der Waals surface area contributed by atoms with Crippen molar-refractivity contribution in [1.29, 1.82) is 0 Å². The van der Waals surface area contributed by atoms with Crippen molar-refractivity contribution in [2.75, 3.05) is 6.26 Å². The van der Waals surface area contributed by atoms with Crippen LogP contribution in [-0.4, -0.2) is 17.4 Å². The summed E-state index contributed by atoms with van der Waals surface area (Å²) in [5, 5.41) is -0.470. The third-order valence-corrected chi connectivity index (χ3v) is 3.71. The van der Waals surface area contributed by atoms with E-state index in [1.165, 1.54) is 0 Å². The number of alkyl halides is 1. The minimum atomic E-state index is -0.470. The fraction of sp³-hybridized carbons (Fsp3) is 0.300. The third kappa shape index (κ3) is 2.75. The van der Waals surface area contributed by atoms with Crippen molar-refractivity contribution in [3.63, 3.8) is 0 Å². The molecule has 0 bridgehead atoms. The number of hydrogen-bond donors (Lipinski definition) is 0. The van der Waals surface area contributed by atoms with Gasteiger partial charge in [0.15, 0.2) is 5.78 Å². The van der Waals surface area contributed by atoms with Crippen LogP contribution < -0.4 is 0 Å². The molecule has 4 heteroatoms. The van der Waals surface area contributed by atoms with Crippen LogP contribution >= 0.6 is 39.3 Å². The summed E-state index contributed by atoms with van der Waals surface area (Å²) >= 11 is 10.8. The number of benzene rings is 1. The topological polar surface area (TPSA) is 17.1 Å². The van der Waals surface area contributed by atoms with Crippen LogP contribution in [0.3, 0.4) is 0 Å². The zero-order valence-corrected chi connectivity index (χ0v) is 11.0. The molecule has 1 rings (SSSR count). The number of carbonyl (C=O) groups excluding carboxylic acids is 1. The minimum Gasteiger partial charge on any atom is -0.293 e. The molecule has 0 spiro atoms. The Morgan fingerprint density at radius 3 is 2.64 bits per heavy atom. The summed E-state index contributed by atoms with van der Waals surface area (Å²) in [5.41, 5.74) is 0.650. The molecule has 0 aliphatic carbocycles. The number of rotatable bonds is 3. The van der Waals surface area contributed by atoms with Gasteiger partial charge in [0.05, 0.1) is 5.38 Å². The average molecular weight is 294 g/mol. The first kappa shape index (κ1) is 12.1. The molecule has 0 radical (unpaired) electrons. The van der Waals surface area contributed by atoms with Crippen LogP contribution in [0.4, 0.5) is 0 Å². The zero-order chi connectivity index (χ0) is 10.7. The van der Waals surface area contributed by atoms with Crippen molar-refractivity contribution in [3.05, 3.63) is 28.2 Å². The summed E-state index contributed by atoms with van der Waals surface area (Å²) in [7, 11) is 0. The van der Waals surface area contributed by atoms with Crippen LogP contribution in [0.25, 0.3) is 0 Å². The minimum absolute atomic E-state index is 0.0416. The van der Waals surface area contributed by atoms with E-state index >= 15 is 0 Å². The Morgan fingerprint density at radius 1 is 1.57 bits per heavy atom. The summed E-state index contributed by atoms with van der Waals surface area (Å²) in [5.74, 6) is -0.0416.